The van der Waals surface area contributed by atoms with Crippen LogP contribution in [0.4, 0.5) is 0 Å². The lowest BCUT2D eigenvalue weighted by Crippen LogP contribution is -2.51. The summed E-state index contributed by atoms with van der Waals surface area (Å²) in [4.78, 5) is 29.1. The molecule has 0 aliphatic heterocycles. The fourth-order valence-electron chi connectivity index (χ4n) is 4.73. The first-order valence-electron chi connectivity index (χ1n) is 7.95. The first-order valence-corrected chi connectivity index (χ1v) is 7.95. The Balaban J connectivity index is 1.74. The van der Waals surface area contributed by atoms with Crippen LogP contribution in [0.3, 0.4) is 0 Å². The van der Waals surface area contributed by atoms with Crippen molar-refractivity contribution >= 4 is 17.5 Å². The van der Waals surface area contributed by atoms with Crippen LogP contribution in [-0.4, -0.2) is 29.7 Å². The fraction of sp³-hybridized carbons (Fsp3) is 0.812. The highest BCUT2D eigenvalue weighted by Gasteiger charge is 2.53. The van der Waals surface area contributed by atoms with Gasteiger partial charge in [0.1, 0.15) is 5.60 Å². The molecule has 0 spiro atoms. The SMILES string of the molecule is CCOC(=O)/C(=N\OC12CC3CC(CC(C3)C1)C2)C(C)=O. The molecule has 0 aromatic rings. The van der Waals surface area contributed by atoms with Gasteiger partial charge in [0, 0.05) is 6.92 Å². The van der Waals surface area contributed by atoms with Crippen molar-refractivity contribution in [2.24, 2.45) is 22.9 Å². The van der Waals surface area contributed by atoms with Crippen LogP contribution < -0.4 is 0 Å². The third kappa shape index (κ3) is 2.83. The van der Waals surface area contributed by atoms with Crippen LogP contribution in [0.1, 0.15) is 52.4 Å². The first kappa shape index (κ1) is 14.5. The molecule has 0 N–H and O–H groups in total. The molecule has 4 aliphatic carbocycles. The normalized spacial score (nSPS) is 37.4. The molecule has 0 unspecified atom stereocenters. The molecule has 116 valence electrons. The van der Waals surface area contributed by atoms with Gasteiger partial charge in [0.2, 0.25) is 5.71 Å². The van der Waals surface area contributed by atoms with Crippen LogP contribution >= 0.6 is 0 Å². The highest BCUT2D eigenvalue weighted by molar-refractivity contribution is 6.63. The quantitative estimate of drug-likeness (QED) is 0.338. The summed E-state index contributed by atoms with van der Waals surface area (Å²) >= 11 is 0. The molecule has 5 nitrogen and oxygen atoms in total. The van der Waals surface area contributed by atoms with Crippen molar-refractivity contribution in [3.05, 3.63) is 0 Å². The molecule has 4 bridgehead atoms. The Kier molecular flexibility index (Phi) is 3.76. The van der Waals surface area contributed by atoms with Crippen molar-refractivity contribution in [1.82, 2.24) is 0 Å². The Morgan fingerprint density at radius 3 is 2.05 bits per heavy atom. The summed E-state index contributed by atoms with van der Waals surface area (Å²) < 4.78 is 4.87. The standard InChI is InChI=1S/C16H23NO4/c1-3-20-15(19)14(10(2)18)17-21-16-7-11-4-12(8-16)6-13(5-11)9-16/h11-13H,3-9H2,1-2H3/b17-14-. The molecule has 0 radical (unpaired) electrons. The Hall–Kier alpha value is -1.39. The second-order valence-electron chi connectivity index (χ2n) is 6.91. The van der Waals surface area contributed by atoms with E-state index in [-0.39, 0.29) is 17.9 Å². The second kappa shape index (κ2) is 5.43. The summed E-state index contributed by atoms with van der Waals surface area (Å²) in [6, 6.07) is 0. The average Bonchev–Trinajstić information content (AvgIpc) is 2.36. The van der Waals surface area contributed by atoms with E-state index in [1.54, 1.807) is 6.92 Å². The maximum absolute atomic E-state index is 11.7. The molecule has 4 aliphatic rings. The molecule has 21 heavy (non-hydrogen) atoms. The second-order valence-corrected chi connectivity index (χ2v) is 6.91. The topological polar surface area (TPSA) is 65.0 Å². The van der Waals surface area contributed by atoms with Gasteiger partial charge in [-0.2, -0.15) is 0 Å². The van der Waals surface area contributed by atoms with Gasteiger partial charge >= 0.3 is 5.97 Å². The van der Waals surface area contributed by atoms with Crippen LogP contribution in [-0.2, 0) is 19.2 Å². The monoisotopic (exact) mass is 293 g/mol. The molecule has 0 amide bonds. The number of hydrogen-bond donors (Lipinski definition) is 0. The number of carbonyl (C=O) groups is 2. The molecule has 0 aromatic heterocycles. The van der Waals surface area contributed by atoms with Crippen LogP contribution in [0.15, 0.2) is 5.16 Å². The van der Waals surface area contributed by atoms with Gasteiger partial charge in [-0.15, -0.1) is 0 Å². The largest absolute Gasteiger partial charge is 0.461 e. The van der Waals surface area contributed by atoms with Crippen molar-refractivity contribution in [2.75, 3.05) is 6.61 Å². The molecule has 5 heteroatoms. The fourth-order valence-corrected chi connectivity index (χ4v) is 4.73. The summed E-state index contributed by atoms with van der Waals surface area (Å²) in [5.74, 6) is 1.10. The van der Waals surface area contributed by atoms with Gasteiger partial charge in [0.15, 0.2) is 5.78 Å². The smallest absolute Gasteiger partial charge is 0.364 e. The van der Waals surface area contributed by atoms with E-state index in [1.807, 2.05) is 0 Å². The van der Waals surface area contributed by atoms with E-state index < -0.39 is 11.8 Å². The van der Waals surface area contributed by atoms with Gasteiger partial charge in [-0.1, -0.05) is 5.16 Å². The summed E-state index contributed by atoms with van der Waals surface area (Å²) in [5.41, 5.74) is -0.463. The Labute approximate surface area is 125 Å². The number of esters is 1. The summed E-state index contributed by atoms with van der Waals surface area (Å²) in [7, 11) is 0. The first-order chi connectivity index (χ1) is 10.0. The number of ether oxygens (including phenoxy) is 1. The Bertz CT molecular complexity index is 447. The molecular formula is C16H23NO4. The molecule has 4 saturated carbocycles. The van der Waals surface area contributed by atoms with Gasteiger partial charge in [0.05, 0.1) is 6.61 Å². The van der Waals surface area contributed by atoms with Gasteiger partial charge in [0.25, 0.3) is 0 Å². The van der Waals surface area contributed by atoms with Gasteiger partial charge < -0.3 is 9.57 Å². The van der Waals surface area contributed by atoms with Crippen molar-refractivity contribution in [3.8, 4) is 0 Å². The highest BCUT2D eigenvalue weighted by atomic mass is 16.7. The van der Waals surface area contributed by atoms with Gasteiger partial charge in [-0.3, -0.25) is 4.79 Å². The van der Waals surface area contributed by atoms with E-state index in [0.29, 0.717) is 0 Å². The predicted octanol–water partition coefficient (Wildman–Crippen LogP) is 2.48. The number of nitrogens with zero attached hydrogens (tertiary/aromatic N) is 1. The summed E-state index contributed by atoms with van der Waals surface area (Å²) in [6.45, 7) is 3.25. The zero-order valence-corrected chi connectivity index (χ0v) is 12.8. The number of hydrogen-bond acceptors (Lipinski definition) is 5. The third-order valence-electron chi connectivity index (χ3n) is 5.11. The third-order valence-corrected chi connectivity index (χ3v) is 5.11. The zero-order valence-electron chi connectivity index (χ0n) is 12.8. The summed E-state index contributed by atoms with van der Waals surface area (Å²) in [5, 5.41) is 3.92. The van der Waals surface area contributed by atoms with E-state index in [2.05, 4.69) is 5.16 Å². The van der Waals surface area contributed by atoms with Gasteiger partial charge in [-0.25, -0.2) is 4.79 Å². The van der Waals surface area contributed by atoms with Crippen LogP contribution in [0.25, 0.3) is 0 Å². The molecule has 0 saturated heterocycles. The number of Topliss-reactive ketones (excluding diaryl/α,β-unsaturated/α-hetero) is 1. The molecule has 0 aromatic carbocycles. The van der Waals surface area contributed by atoms with Crippen molar-refractivity contribution in [2.45, 2.75) is 58.0 Å². The molecular weight excluding hydrogens is 270 g/mol. The minimum Gasteiger partial charge on any atom is -0.461 e. The Morgan fingerprint density at radius 1 is 1.10 bits per heavy atom. The molecule has 4 fully saturated rings. The van der Waals surface area contributed by atoms with E-state index in [1.165, 1.54) is 26.2 Å². The van der Waals surface area contributed by atoms with Crippen molar-refractivity contribution in [1.29, 1.82) is 0 Å². The average molecular weight is 293 g/mol. The lowest BCUT2D eigenvalue weighted by Gasteiger charge is -2.54. The van der Waals surface area contributed by atoms with Crippen LogP contribution in [0, 0.1) is 17.8 Å². The Morgan fingerprint density at radius 2 is 1.62 bits per heavy atom. The molecule has 4 rings (SSSR count). The molecule has 0 atom stereocenters. The lowest BCUT2D eigenvalue weighted by atomic mass is 9.54. The van der Waals surface area contributed by atoms with Crippen molar-refractivity contribution < 1.29 is 19.2 Å². The predicted molar refractivity (Wildman–Crippen MR) is 76.7 cm³/mol. The maximum Gasteiger partial charge on any atom is 0.364 e. The van der Waals surface area contributed by atoms with E-state index in [9.17, 15) is 9.59 Å². The number of oxime groups is 1. The van der Waals surface area contributed by atoms with Crippen molar-refractivity contribution in [3.63, 3.8) is 0 Å². The minimum atomic E-state index is -0.685. The summed E-state index contributed by atoms with van der Waals surface area (Å²) in [6.07, 6.45) is 6.96. The lowest BCUT2D eigenvalue weighted by molar-refractivity contribution is -0.163. The zero-order chi connectivity index (χ0) is 15.0. The van der Waals surface area contributed by atoms with E-state index in [0.717, 1.165) is 37.0 Å². The minimum absolute atomic E-state index is 0.215. The van der Waals surface area contributed by atoms with Crippen LogP contribution in [0.5, 0.6) is 0 Å². The van der Waals surface area contributed by atoms with E-state index >= 15 is 0 Å². The number of ketones is 1. The van der Waals surface area contributed by atoms with Crippen LogP contribution in [0.2, 0.25) is 0 Å². The highest BCUT2D eigenvalue weighted by Crippen LogP contribution is 2.57. The molecule has 0 heterocycles. The van der Waals surface area contributed by atoms with E-state index in [4.69, 9.17) is 9.57 Å². The number of rotatable bonds is 5. The maximum atomic E-state index is 11.7. The van der Waals surface area contributed by atoms with Gasteiger partial charge in [-0.05, 0) is 63.2 Å². The number of carbonyl (C=O) groups excluding carboxylic acids is 2.